The molecule has 1 aromatic rings. The van der Waals surface area contributed by atoms with E-state index in [1.165, 1.54) is 4.90 Å². The molecule has 2 nitrogen and oxygen atoms in total. The Morgan fingerprint density at radius 3 is 2.47 bits per heavy atom. The largest absolute Gasteiger partial charge is 0.347 e. The van der Waals surface area contributed by atoms with Gasteiger partial charge in [0.1, 0.15) is 5.38 Å². The van der Waals surface area contributed by atoms with Gasteiger partial charge in [-0.15, -0.1) is 11.6 Å². The smallest absolute Gasteiger partial charge is 0.244 e. The molecule has 0 spiro atoms. The summed E-state index contributed by atoms with van der Waals surface area (Å²) in [6.07, 6.45) is 0. The van der Waals surface area contributed by atoms with Gasteiger partial charge in [0.05, 0.1) is 10.0 Å². The van der Waals surface area contributed by atoms with Crippen LogP contribution in [0.4, 0.5) is 0 Å². The minimum atomic E-state index is -0.800. The number of carbonyl (C=O) groups excluding carboxylic acids is 1. The molecule has 0 saturated heterocycles. The predicted molar refractivity (Wildman–Crippen MR) is 63.8 cm³/mol. The molecule has 0 heterocycles. The number of rotatable bonds is 2. The van der Waals surface area contributed by atoms with Gasteiger partial charge in [-0.25, -0.2) is 0 Å². The fraction of sp³-hybridized carbons (Fsp3) is 0.300. The highest BCUT2D eigenvalue weighted by molar-refractivity contribution is 6.43. The summed E-state index contributed by atoms with van der Waals surface area (Å²) in [7, 11) is 3.27. The molecule has 0 fully saturated rings. The van der Waals surface area contributed by atoms with E-state index in [-0.39, 0.29) is 5.91 Å². The molecule has 0 N–H and O–H groups in total. The molecule has 5 heteroatoms. The fourth-order valence-corrected chi connectivity index (χ4v) is 1.93. The van der Waals surface area contributed by atoms with E-state index in [0.29, 0.717) is 15.6 Å². The minimum absolute atomic E-state index is 0.221. The standard InChI is InChI=1S/C10H10Cl3NO/c1-14(2)10(15)9(13)6-4-3-5-7(11)8(6)12/h3-5,9H,1-2H3. The van der Waals surface area contributed by atoms with E-state index < -0.39 is 5.38 Å². The van der Waals surface area contributed by atoms with Crippen LogP contribution in [0.25, 0.3) is 0 Å². The van der Waals surface area contributed by atoms with Crippen molar-refractivity contribution in [2.45, 2.75) is 5.38 Å². The van der Waals surface area contributed by atoms with Crippen molar-refractivity contribution in [3.63, 3.8) is 0 Å². The summed E-state index contributed by atoms with van der Waals surface area (Å²) >= 11 is 17.8. The van der Waals surface area contributed by atoms with Crippen molar-refractivity contribution in [1.82, 2.24) is 4.90 Å². The van der Waals surface area contributed by atoms with Crippen molar-refractivity contribution in [1.29, 1.82) is 0 Å². The van der Waals surface area contributed by atoms with Gasteiger partial charge in [-0.05, 0) is 11.6 Å². The lowest BCUT2D eigenvalue weighted by molar-refractivity contribution is -0.128. The number of alkyl halides is 1. The molecule has 0 aliphatic heterocycles. The molecule has 1 amide bonds. The monoisotopic (exact) mass is 265 g/mol. The summed E-state index contributed by atoms with van der Waals surface area (Å²) in [5.41, 5.74) is 0.532. The van der Waals surface area contributed by atoms with Crippen LogP contribution >= 0.6 is 34.8 Å². The first-order valence-corrected chi connectivity index (χ1v) is 5.43. The molecule has 1 unspecified atom stereocenters. The molecule has 0 radical (unpaired) electrons. The number of halogens is 3. The molecule has 0 aromatic heterocycles. The van der Waals surface area contributed by atoms with Gasteiger partial charge < -0.3 is 4.90 Å². The summed E-state index contributed by atoms with van der Waals surface area (Å²) in [5, 5.41) is -0.0769. The van der Waals surface area contributed by atoms with Crippen LogP contribution in [0.3, 0.4) is 0 Å². The van der Waals surface area contributed by atoms with Gasteiger partial charge in [-0.2, -0.15) is 0 Å². The van der Waals surface area contributed by atoms with Gasteiger partial charge in [-0.1, -0.05) is 35.3 Å². The van der Waals surface area contributed by atoms with Gasteiger partial charge in [0, 0.05) is 14.1 Å². The molecule has 0 aliphatic carbocycles. The van der Waals surface area contributed by atoms with Crippen LogP contribution in [-0.2, 0) is 4.79 Å². The normalized spacial score (nSPS) is 12.3. The maximum atomic E-state index is 11.6. The lowest BCUT2D eigenvalue weighted by Gasteiger charge is -2.16. The number of amides is 1. The second kappa shape index (κ2) is 5.06. The van der Waals surface area contributed by atoms with Crippen LogP contribution < -0.4 is 0 Å². The average Bonchev–Trinajstić information content (AvgIpc) is 2.20. The molecule has 1 atom stereocenters. The second-order valence-corrected chi connectivity index (χ2v) is 4.46. The van der Waals surface area contributed by atoms with Gasteiger partial charge in [0.2, 0.25) is 5.91 Å². The van der Waals surface area contributed by atoms with Gasteiger partial charge >= 0.3 is 0 Å². The highest BCUT2D eigenvalue weighted by Gasteiger charge is 2.22. The Balaban J connectivity index is 3.06. The molecule has 0 aliphatic rings. The molecule has 0 bridgehead atoms. The van der Waals surface area contributed by atoms with Crippen LogP contribution in [-0.4, -0.2) is 24.9 Å². The number of hydrogen-bond donors (Lipinski definition) is 0. The first-order valence-electron chi connectivity index (χ1n) is 4.24. The van der Waals surface area contributed by atoms with E-state index >= 15 is 0 Å². The van der Waals surface area contributed by atoms with Crippen LogP contribution in [0.1, 0.15) is 10.9 Å². The first-order chi connectivity index (χ1) is 6.95. The molecule has 0 saturated carbocycles. The zero-order valence-corrected chi connectivity index (χ0v) is 10.6. The molecular formula is C10H10Cl3NO. The topological polar surface area (TPSA) is 20.3 Å². The Kier molecular flexibility index (Phi) is 4.26. The van der Waals surface area contributed by atoms with Crippen molar-refractivity contribution in [2.24, 2.45) is 0 Å². The third kappa shape index (κ3) is 2.77. The average molecular weight is 267 g/mol. The number of benzene rings is 1. The van der Waals surface area contributed by atoms with Crippen LogP contribution in [0.5, 0.6) is 0 Å². The molecular weight excluding hydrogens is 256 g/mol. The Morgan fingerprint density at radius 1 is 1.33 bits per heavy atom. The SMILES string of the molecule is CN(C)C(=O)C(Cl)c1cccc(Cl)c1Cl. The van der Waals surface area contributed by atoms with Crippen molar-refractivity contribution < 1.29 is 4.79 Å². The van der Waals surface area contributed by atoms with Crippen LogP contribution in [0, 0.1) is 0 Å². The van der Waals surface area contributed by atoms with E-state index in [1.54, 1.807) is 32.3 Å². The zero-order chi connectivity index (χ0) is 11.6. The van der Waals surface area contributed by atoms with Crippen molar-refractivity contribution in [2.75, 3.05) is 14.1 Å². The maximum Gasteiger partial charge on any atom is 0.244 e. The van der Waals surface area contributed by atoms with E-state index in [1.807, 2.05) is 0 Å². The number of nitrogens with zero attached hydrogens (tertiary/aromatic N) is 1. The Bertz CT molecular complexity index is 379. The van der Waals surface area contributed by atoms with Gasteiger partial charge in [0.15, 0.2) is 0 Å². The highest BCUT2D eigenvalue weighted by Crippen LogP contribution is 2.33. The Morgan fingerprint density at radius 2 is 1.93 bits per heavy atom. The first kappa shape index (κ1) is 12.6. The van der Waals surface area contributed by atoms with E-state index in [2.05, 4.69) is 0 Å². The van der Waals surface area contributed by atoms with E-state index in [9.17, 15) is 4.79 Å². The van der Waals surface area contributed by atoms with Crippen LogP contribution in [0.15, 0.2) is 18.2 Å². The van der Waals surface area contributed by atoms with Crippen LogP contribution in [0.2, 0.25) is 10.0 Å². The van der Waals surface area contributed by atoms with Crippen molar-refractivity contribution >= 4 is 40.7 Å². The van der Waals surface area contributed by atoms with E-state index in [0.717, 1.165) is 0 Å². The molecule has 1 rings (SSSR count). The zero-order valence-electron chi connectivity index (χ0n) is 8.30. The molecule has 1 aromatic carbocycles. The molecule has 15 heavy (non-hydrogen) atoms. The predicted octanol–water partition coefficient (Wildman–Crippen LogP) is 3.36. The van der Waals surface area contributed by atoms with Crippen molar-refractivity contribution in [3.05, 3.63) is 33.8 Å². The Labute approximate surface area is 104 Å². The number of hydrogen-bond acceptors (Lipinski definition) is 1. The maximum absolute atomic E-state index is 11.6. The Hall–Kier alpha value is -0.440. The van der Waals surface area contributed by atoms with Gasteiger partial charge in [0.25, 0.3) is 0 Å². The van der Waals surface area contributed by atoms with Crippen molar-refractivity contribution in [3.8, 4) is 0 Å². The lowest BCUT2D eigenvalue weighted by Crippen LogP contribution is -2.25. The molecule has 82 valence electrons. The third-order valence-corrected chi connectivity index (χ3v) is 3.17. The quantitative estimate of drug-likeness (QED) is 0.752. The summed E-state index contributed by atoms with van der Waals surface area (Å²) < 4.78 is 0. The summed E-state index contributed by atoms with van der Waals surface area (Å²) in [4.78, 5) is 13.0. The summed E-state index contributed by atoms with van der Waals surface area (Å²) in [6, 6.07) is 5.05. The number of carbonyl (C=O) groups is 1. The fourth-order valence-electron chi connectivity index (χ4n) is 1.08. The van der Waals surface area contributed by atoms with Gasteiger partial charge in [-0.3, -0.25) is 4.79 Å². The highest BCUT2D eigenvalue weighted by atomic mass is 35.5. The minimum Gasteiger partial charge on any atom is -0.347 e. The lowest BCUT2D eigenvalue weighted by atomic mass is 10.1. The third-order valence-electron chi connectivity index (χ3n) is 1.91. The summed E-state index contributed by atoms with van der Waals surface area (Å²) in [6.45, 7) is 0. The second-order valence-electron chi connectivity index (χ2n) is 3.24. The van der Waals surface area contributed by atoms with E-state index in [4.69, 9.17) is 34.8 Å². The summed E-state index contributed by atoms with van der Waals surface area (Å²) in [5.74, 6) is -0.221. The number of likely N-dealkylation sites (N-methyl/N-ethyl adjacent to an activating group) is 1.